The van der Waals surface area contributed by atoms with E-state index in [1.807, 2.05) is 27.7 Å². The van der Waals surface area contributed by atoms with Crippen LogP contribution in [0.2, 0.25) is 0 Å². The lowest BCUT2D eigenvalue weighted by molar-refractivity contribution is 0.912. The third-order valence-electron chi connectivity index (χ3n) is 8.06. The van der Waals surface area contributed by atoms with Crippen LogP contribution >= 0.6 is 0 Å². The van der Waals surface area contributed by atoms with Gasteiger partial charge in [0.2, 0.25) is 0 Å². The Morgan fingerprint density at radius 2 is 1.14 bits per heavy atom. The van der Waals surface area contributed by atoms with Gasteiger partial charge in [0.05, 0.1) is 0 Å². The number of benzene rings is 6. The van der Waals surface area contributed by atoms with E-state index in [0.717, 1.165) is 13.0 Å². The molecular formula is C42H43N. The van der Waals surface area contributed by atoms with Gasteiger partial charge in [-0.05, 0) is 92.2 Å². The fourth-order valence-electron chi connectivity index (χ4n) is 6.31. The van der Waals surface area contributed by atoms with Crippen LogP contribution in [0, 0.1) is 0 Å². The van der Waals surface area contributed by atoms with Gasteiger partial charge in [-0.15, -0.1) is 0 Å². The number of hydrogen-bond acceptors (Lipinski definition) is 1. The molecule has 1 aliphatic heterocycles. The van der Waals surface area contributed by atoms with Crippen molar-refractivity contribution in [2.24, 2.45) is 0 Å². The van der Waals surface area contributed by atoms with Gasteiger partial charge in [0, 0.05) is 23.5 Å². The summed E-state index contributed by atoms with van der Waals surface area (Å²) in [7, 11) is 0. The Morgan fingerprint density at radius 3 is 1.77 bits per heavy atom. The molecule has 0 radical (unpaired) electrons. The second-order valence-corrected chi connectivity index (χ2v) is 10.4. The van der Waals surface area contributed by atoms with Crippen LogP contribution in [0.4, 0.5) is 5.69 Å². The summed E-state index contributed by atoms with van der Waals surface area (Å²) in [5.41, 5.74) is 9.02. The van der Waals surface area contributed by atoms with Gasteiger partial charge in [-0.25, -0.2) is 0 Å². The molecule has 0 bridgehead atoms. The summed E-state index contributed by atoms with van der Waals surface area (Å²) in [6.45, 7) is 13.2. The average molecular weight is 562 g/mol. The van der Waals surface area contributed by atoms with Crippen molar-refractivity contribution in [3.05, 3.63) is 139 Å². The summed E-state index contributed by atoms with van der Waals surface area (Å²) in [6.07, 6.45) is 7.70. The maximum Gasteiger partial charge on any atom is 0.0494 e. The van der Waals surface area contributed by atoms with E-state index in [1.165, 1.54) is 71.5 Å². The lowest BCUT2D eigenvalue weighted by Crippen LogP contribution is -2.25. The maximum atomic E-state index is 2.46. The third-order valence-corrected chi connectivity index (χ3v) is 8.06. The Hall–Kier alpha value is -4.62. The van der Waals surface area contributed by atoms with E-state index >= 15 is 0 Å². The van der Waals surface area contributed by atoms with Gasteiger partial charge in [0.15, 0.2) is 0 Å². The molecule has 7 rings (SSSR count). The fourth-order valence-corrected chi connectivity index (χ4v) is 6.31. The summed E-state index contributed by atoms with van der Waals surface area (Å²) in [5, 5.41) is 7.86. The molecule has 0 saturated heterocycles. The first-order chi connectivity index (χ1) is 21.3. The first kappa shape index (κ1) is 29.9. The molecule has 0 atom stereocenters. The standard InChI is InChI=1S/C38H31N.2C2H6/c1-3-11-29(12-4-2)39-25-28-13-5-6-14-30(28)37-24-27(20-22-38(37)39)26-19-21-35-33-17-8-7-15-31(33)32-16-9-10-18-34(32)36(35)23-26;2*1-2/h3,5-24H,4,25H2,1-2H3;2*1-2H3/b11-3-,29-12+;;. The van der Waals surface area contributed by atoms with Crippen LogP contribution in [0.25, 0.3) is 54.6 Å². The van der Waals surface area contributed by atoms with E-state index in [0.29, 0.717) is 0 Å². The highest BCUT2D eigenvalue weighted by Crippen LogP contribution is 2.44. The van der Waals surface area contributed by atoms with E-state index in [4.69, 9.17) is 0 Å². The summed E-state index contributed by atoms with van der Waals surface area (Å²) in [5.74, 6) is 0. The Kier molecular flexibility index (Phi) is 9.42. The van der Waals surface area contributed by atoms with E-state index in [9.17, 15) is 0 Å². The summed E-state index contributed by atoms with van der Waals surface area (Å²) >= 11 is 0. The molecule has 216 valence electrons. The lowest BCUT2D eigenvalue weighted by atomic mass is 9.89. The van der Waals surface area contributed by atoms with Gasteiger partial charge in [0.1, 0.15) is 0 Å². The Morgan fingerprint density at radius 1 is 0.605 bits per heavy atom. The smallest absolute Gasteiger partial charge is 0.0494 e. The molecule has 6 aromatic carbocycles. The minimum atomic E-state index is 0.883. The molecule has 6 aromatic rings. The highest BCUT2D eigenvalue weighted by atomic mass is 15.1. The van der Waals surface area contributed by atoms with Crippen molar-refractivity contribution in [2.45, 2.75) is 54.5 Å². The zero-order chi connectivity index (χ0) is 30.3. The fraction of sp³-hybridized carbons (Fsp3) is 0.190. The molecule has 1 nitrogen and oxygen atoms in total. The molecule has 1 heteroatoms. The predicted molar refractivity (Wildman–Crippen MR) is 192 cm³/mol. The number of nitrogens with zero attached hydrogens (tertiary/aromatic N) is 1. The Bertz CT molecular complexity index is 1900. The van der Waals surface area contributed by atoms with Crippen molar-refractivity contribution in [3.63, 3.8) is 0 Å². The largest absolute Gasteiger partial charge is 0.337 e. The maximum absolute atomic E-state index is 2.46. The minimum Gasteiger partial charge on any atom is -0.337 e. The highest BCUT2D eigenvalue weighted by Gasteiger charge is 2.24. The normalized spacial score (nSPS) is 12.4. The number of allylic oxidation sites excluding steroid dienone is 3. The van der Waals surface area contributed by atoms with Gasteiger partial charge in [-0.3, -0.25) is 0 Å². The molecule has 1 heterocycles. The topological polar surface area (TPSA) is 3.24 Å². The number of rotatable bonds is 4. The number of hydrogen-bond donors (Lipinski definition) is 0. The first-order valence-electron chi connectivity index (χ1n) is 15.9. The molecule has 43 heavy (non-hydrogen) atoms. The number of anilines is 1. The first-order valence-corrected chi connectivity index (χ1v) is 15.9. The van der Waals surface area contributed by atoms with Gasteiger partial charge in [0.25, 0.3) is 0 Å². The second kappa shape index (κ2) is 13.6. The van der Waals surface area contributed by atoms with Crippen molar-refractivity contribution in [2.75, 3.05) is 4.90 Å². The van der Waals surface area contributed by atoms with Crippen LogP contribution in [0.15, 0.2) is 133 Å². The molecule has 0 saturated carbocycles. The molecule has 0 unspecified atom stereocenters. The second-order valence-electron chi connectivity index (χ2n) is 10.4. The molecule has 0 spiro atoms. The highest BCUT2D eigenvalue weighted by molar-refractivity contribution is 6.25. The van der Waals surface area contributed by atoms with Crippen LogP contribution < -0.4 is 4.90 Å². The summed E-state index contributed by atoms with van der Waals surface area (Å²) < 4.78 is 0. The summed E-state index contributed by atoms with van der Waals surface area (Å²) in [6, 6.07) is 40.4. The molecule has 0 aromatic heterocycles. The van der Waals surface area contributed by atoms with Crippen molar-refractivity contribution in [3.8, 4) is 22.3 Å². The van der Waals surface area contributed by atoms with Crippen molar-refractivity contribution in [1.82, 2.24) is 0 Å². The van der Waals surface area contributed by atoms with Crippen LogP contribution in [-0.4, -0.2) is 0 Å². The average Bonchev–Trinajstić information content (AvgIpc) is 3.09. The van der Waals surface area contributed by atoms with Gasteiger partial charge in [-0.1, -0.05) is 138 Å². The van der Waals surface area contributed by atoms with Gasteiger partial charge in [-0.2, -0.15) is 0 Å². The SMILES string of the molecule is C/C=C\C(=C/CC)N1Cc2ccccc2-c2cc(-c3ccc4c5ccccc5c5ccccc5c4c3)ccc21.CC.CC. The van der Waals surface area contributed by atoms with Crippen LogP contribution in [-0.2, 0) is 6.54 Å². The zero-order valence-electron chi connectivity index (χ0n) is 26.5. The van der Waals surface area contributed by atoms with Gasteiger partial charge >= 0.3 is 0 Å². The third kappa shape index (κ3) is 5.48. The molecule has 0 amide bonds. The quantitative estimate of drug-likeness (QED) is 0.153. The van der Waals surface area contributed by atoms with Crippen molar-refractivity contribution < 1.29 is 0 Å². The van der Waals surface area contributed by atoms with Crippen LogP contribution in [0.1, 0.15) is 53.5 Å². The Balaban J connectivity index is 0.000000885. The van der Waals surface area contributed by atoms with Gasteiger partial charge < -0.3 is 4.90 Å². The minimum absolute atomic E-state index is 0.883. The monoisotopic (exact) mass is 561 g/mol. The van der Waals surface area contributed by atoms with Crippen molar-refractivity contribution >= 4 is 38.0 Å². The van der Waals surface area contributed by atoms with E-state index in [1.54, 1.807) is 0 Å². The van der Waals surface area contributed by atoms with E-state index < -0.39 is 0 Å². The van der Waals surface area contributed by atoms with Crippen molar-refractivity contribution in [1.29, 1.82) is 0 Å². The lowest BCUT2D eigenvalue weighted by Gasteiger charge is -2.34. The number of fused-ring (bicyclic) bond motifs is 9. The Labute approximate surface area is 257 Å². The molecule has 1 aliphatic rings. The molecule has 0 fully saturated rings. The van der Waals surface area contributed by atoms with Crippen LogP contribution in [0.3, 0.4) is 0 Å². The summed E-state index contributed by atoms with van der Waals surface area (Å²) in [4.78, 5) is 2.46. The zero-order valence-corrected chi connectivity index (χ0v) is 26.5. The van der Waals surface area contributed by atoms with E-state index in [-0.39, 0.29) is 0 Å². The van der Waals surface area contributed by atoms with E-state index in [2.05, 4.69) is 146 Å². The van der Waals surface area contributed by atoms with Crippen LogP contribution in [0.5, 0.6) is 0 Å². The molecule has 0 aliphatic carbocycles. The molecule has 0 N–H and O–H groups in total. The molecular weight excluding hydrogens is 518 g/mol. The predicted octanol–water partition coefficient (Wildman–Crippen LogP) is 12.7.